The molecule has 0 bridgehead atoms. The molecule has 1 heterocycles. The number of hydrogen-bond acceptors (Lipinski definition) is 5. The fourth-order valence-corrected chi connectivity index (χ4v) is 3.42. The molecule has 2 N–H and O–H groups in total. The standard InChI is InChI=1S/C15H17F2N3O2S2/c1-2-7-18-15-20-13(22)11(24-15)8-12(21)19-9-3-5-10(6-4-9)23-14(16)17/h3-6,11,14H,2,7-8H2,1H3,(H,19,21)(H,18,20,22)/t11-/m0/s1. The van der Waals surface area contributed by atoms with E-state index in [1.54, 1.807) is 12.1 Å². The van der Waals surface area contributed by atoms with E-state index >= 15 is 0 Å². The summed E-state index contributed by atoms with van der Waals surface area (Å²) in [7, 11) is 0. The van der Waals surface area contributed by atoms with Gasteiger partial charge in [0.15, 0.2) is 5.17 Å². The van der Waals surface area contributed by atoms with Gasteiger partial charge >= 0.3 is 0 Å². The molecule has 0 saturated carbocycles. The van der Waals surface area contributed by atoms with Gasteiger partial charge in [0.05, 0.1) is 0 Å². The van der Waals surface area contributed by atoms with Gasteiger partial charge in [-0.2, -0.15) is 8.78 Å². The number of aliphatic imine (C=N–C) groups is 1. The monoisotopic (exact) mass is 373 g/mol. The normalized spacial score (nSPS) is 18.9. The van der Waals surface area contributed by atoms with E-state index in [0.29, 0.717) is 34.1 Å². The molecule has 1 saturated heterocycles. The van der Waals surface area contributed by atoms with Gasteiger partial charge in [0.25, 0.3) is 5.76 Å². The molecular weight excluding hydrogens is 356 g/mol. The van der Waals surface area contributed by atoms with Crippen LogP contribution >= 0.6 is 23.5 Å². The van der Waals surface area contributed by atoms with Crippen molar-refractivity contribution < 1.29 is 18.4 Å². The smallest absolute Gasteiger partial charge is 0.288 e. The number of nitrogens with one attached hydrogen (secondary N) is 2. The van der Waals surface area contributed by atoms with E-state index < -0.39 is 11.0 Å². The average Bonchev–Trinajstić information content (AvgIpc) is 2.86. The van der Waals surface area contributed by atoms with E-state index in [9.17, 15) is 18.4 Å². The van der Waals surface area contributed by atoms with Crippen LogP contribution < -0.4 is 10.6 Å². The molecule has 1 aliphatic rings. The number of carbonyl (C=O) groups excluding carboxylic acids is 2. The lowest BCUT2D eigenvalue weighted by molar-refractivity contribution is -0.122. The molecule has 1 atom stereocenters. The molecule has 0 spiro atoms. The van der Waals surface area contributed by atoms with Crippen LogP contribution in [-0.2, 0) is 9.59 Å². The zero-order valence-electron chi connectivity index (χ0n) is 12.9. The lowest BCUT2D eigenvalue weighted by Crippen LogP contribution is -2.28. The molecular formula is C15H17F2N3O2S2. The fraction of sp³-hybridized carbons (Fsp3) is 0.400. The van der Waals surface area contributed by atoms with Gasteiger partial charge in [-0.15, -0.1) is 0 Å². The number of thioether (sulfide) groups is 2. The van der Waals surface area contributed by atoms with Crippen LogP contribution in [0.4, 0.5) is 14.5 Å². The first kappa shape index (κ1) is 18.7. The molecule has 1 aromatic carbocycles. The highest BCUT2D eigenvalue weighted by molar-refractivity contribution is 8.15. The predicted molar refractivity (Wildman–Crippen MR) is 93.7 cm³/mol. The highest BCUT2D eigenvalue weighted by atomic mass is 32.2. The Morgan fingerprint density at radius 2 is 2.12 bits per heavy atom. The van der Waals surface area contributed by atoms with Crippen molar-refractivity contribution in [3.63, 3.8) is 0 Å². The largest absolute Gasteiger partial charge is 0.326 e. The maximum atomic E-state index is 12.2. The molecule has 2 amide bonds. The third-order valence-corrected chi connectivity index (χ3v) is 4.83. The minimum Gasteiger partial charge on any atom is -0.326 e. The molecule has 24 heavy (non-hydrogen) atoms. The molecule has 0 unspecified atom stereocenters. The van der Waals surface area contributed by atoms with Crippen molar-refractivity contribution in [3.8, 4) is 0 Å². The number of rotatable bonds is 7. The van der Waals surface area contributed by atoms with E-state index in [2.05, 4.69) is 15.6 Å². The van der Waals surface area contributed by atoms with Gasteiger partial charge in [0.1, 0.15) is 5.25 Å². The number of anilines is 1. The molecule has 5 nitrogen and oxygen atoms in total. The van der Waals surface area contributed by atoms with E-state index in [4.69, 9.17) is 0 Å². The molecule has 1 fully saturated rings. The number of amidine groups is 1. The van der Waals surface area contributed by atoms with Crippen LogP contribution in [0.2, 0.25) is 0 Å². The van der Waals surface area contributed by atoms with E-state index in [0.717, 1.165) is 6.42 Å². The van der Waals surface area contributed by atoms with Crippen LogP contribution in [-0.4, -0.2) is 34.5 Å². The lowest BCUT2D eigenvalue weighted by Gasteiger charge is -2.08. The van der Waals surface area contributed by atoms with E-state index in [1.807, 2.05) is 6.92 Å². The molecule has 2 rings (SSSR count). The Labute approximate surface area is 147 Å². The van der Waals surface area contributed by atoms with Crippen molar-refractivity contribution in [1.29, 1.82) is 0 Å². The maximum Gasteiger partial charge on any atom is 0.288 e. The Morgan fingerprint density at radius 1 is 1.42 bits per heavy atom. The third-order valence-electron chi connectivity index (χ3n) is 2.99. The summed E-state index contributed by atoms with van der Waals surface area (Å²) in [5, 5.41) is 5.36. The topological polar surface area (TPSA) is 70.6 Å². The van der Waals surface area contributed by atoms with Gasteiger partial charge in [-0.25, -0.2) is 0 Å². The second kappa shape index (κ2) is 9.03. The summed E-state index contributed by atoms with van der Waals surface area (Å²) < 4.78 is 24.5. The summed E-state index contributed by atoms with van der Waals surface area (Å²) in [6.07, 6.45) is 0.903. The Hall–Kier alpha value is -1.61. The van der Waals surface area contributed by atoms with Crippen LogP contribution in [0.1, 0.15) is 19.8 Å². The highest BCUT2D eigenvalue weighted by Crippen LogP contribution is 2.27. The first-order valence-electron chi connectivity index (χ1n) is 7.34. The van der Waals surface area contributed by atoms with Gasteiger partial charge in [-0.3, -0.25) is 14.6 Å². The van der Waals surface area contributed by atoms with Gasteiger partial charge in [-0.05, 0) is 30.7 Å². The lowest BCUT2D eigenvalue weighted by atomic mass is 10.2. The Kier molecular flexibility index (Phi) is 7.04. The number of carbonyl (C=O) groups is 2. The number of hydrogen-bond donors (Lipinski definition) is 2. The zero-order valence-corrected chi connectivity index (χ0v) is 14.6. The summed E-state index contributed by atoms with van der Waals surface area (Å²) in [6, 6.07) is 6.13. The zero-order chi connectivity index (χ0) is 17.5. The number of alkyl halides is 2. The van der Waals surface area contributed by atoms with Crippen LogP contribution in [0.15, 0.2) is 34.2 Å². The number of halogens is 2. The van der Waals surface area contributed by atoms with Crippen molar-refractivity contribution in [3.05, 3.63) is 24.3 Å². The maximum absolute atomic E-state index is 12.2. The van der Waals surface area contributed by atoms with Crippen molar-refractivity contribution in [2.75, 3.05) is 11.9 Å². The van der Waals surface area contributed by atoms with E-state index in [-0.39, 0.29) is 18.2 Å². The van der Waals surface area contributed by atoms with Gasteiger partial charge in [0, 0.05) is 23.5 Å². The van der Waals surface area contributed by atoms with Crippen LogP contribution in [0, 0.1) is 0 Å². The summed E-state index contributed by atoms with van der Waals surface area (Å²) in [4.78, 5) is 28.5. The molecule has 130 valence electrons. The van der Waals surface area contributed by atoms with Crippen LogP contribution in [0.25, 0.3) is 0 Å². The summed E-state index contributed by atoms with van der Waals surface area (Å²) in [5.74, 6) is -3.02. The second-order valence-electron chi connectivity index (χ2n) is 4.94. The van der Waals surface area contributed by atoms with Crippen molar-refractivity contribution in [2.45, 2.75) is 35.7 Å². The second-order valence-corrected chi connectivity index (χ2v) is 7.19. The van der Waals surface area contributed by atoms with E-state index in [1.165, 1.54) is 23.9 Å². The van der Waals surface area contributed by atoms with Gasteiger partial charge < -0.3 is 10.6 Å². The molecule has 1 aliphatic heterocycles. The summed E-state index contributed by atoms with van der Waals surface area (Å²) in [6.45, 7) is 2.62. The molecule has 0 aliphatic carbocycles. The fourth-order valence-electron chi connectivity index (χ4n) is 1.93. The number of benzene rings is 1. The third kappa shape index (κ3) is 5.79. The first-order valence-corrected chi connectivity index (χ1v) is 9.10. The number of amides is 2. The Morgan fingerprint density at radius 3 is 2.75 bits per heavy atom. The molecule has 9 heteroatoms. The Balaban J connectivity index is 1.86. The average molecular weight is 373 g/mol. The van der Waals surface area contributed by atoms with Crippen LogP contribution in [0.5, 0.6) is 0 Å². The van der Waals surface area contributed by atoms with Crippen molar-refractivity contribution in [2.24, 2.45) is 4.99 Å². The van der Waals surface area contributed by atoms with Gasteiger partial charge in [0.2, 0.25) is 11.8 Å². The quantitative estimate of drug-likeness (QED) is 0.720. The minimum absolute atomic E-state index is 0.0230. The Bertz CT molecular complexity index is 624. The van der Waals surface area contributed by atoms with Gasteiger partial charge in [-0.1, -0.05) is 30.4 Å². The summed E-state index contributed by atoms with van der Waals surface area (Å²) in [5.41, 5.74) is 0.502. The molecule has 0 aromatic heterocycles. The molecule has 0 radical (unpaired) electrons. The van der Waals surface area contributed by atoms with Crippen molar-refractivity contribution in [1.82, 2.24) is 5.32 Å². The highest BCUT2D eigenvalue weighted by Gasteiger charge is 2.31. The minimum atomic E-state index is -2.48. The number of nitrogens with zero attached hydrogens (tertiary/aromatic N) is 1. The predicted octanol–water partition coefficient (Wildman–Crippen LogP) is 3.33. The SMILES string of the molecule is CCCN=C1NC(=O)[C@H](CC(=O)Nc2ccc(SC(F)F)cc2)S1. The summed E-state index contributed by atoms with van der Waals surface area (Å²) >= 11 is 1.69. The molecule has 1 aromatic rings. The first-order chi connectivity index (χ1) is 11.5. The van der Waals surface area contributed by atoms with Crippen molar-refractivity contribution >= 4 is 46.2 Å². The van der Waals surface area contributed by atoms with Crippen LogP contribution in [0.3, 0.4) is 0 Å².